The van der Waals surface area contributed by atoms with Crippen molar-refractivity contribution in [1.29, 1.82) is 0 Å². The average molecular weight is 375 g/mol. The predicted octanol–water partition coefficient (Wildman–Crippen LogP) is 3.65. The molecule has 0 aliphatic rings. The summed E-state index contributed by atoms with van der Waals surface area (Å²) in [4.78, 5) is 23.9. The molecule has 0 radical (unpaired) electrons. The number of carbonyl (C=O) groups is 2. The standard InChI is InChI=1S/C23H25N3O2/c1-16-7-11-21(17(2)13-16)24-15-23(28)26-25-22(27)12-9-18-8-10-19-5-3-4-6-20(19)14-18/h3-8,10-11,13-14,24H,9,12,15H2,1-2H3,(H,25,27)(H,26,28). The molecule has 0 unspecified atom stereocenters. The molecule has 0 aliphatic heterocycles. The number of nitrogens with one attached hydrogen (secondary N) is 3. The normalized spacial score (nSPS) is 10.5. The Morgan fingerprint density at radius 3 is 2.36 bits per heavy atom. The smallest absolute Gasteiger partial charge is 0.257 e. The fourth-order valence-corrected chi connectivity index (χ4v) is 3.09. The van der Waals surface area contributed by atoms with Crippen molar-refractivity contribution in [3.05, 3.63) is 77.4 Å². The zero-order chi connectivity index (χ0) is 19.9. The lowest BCUT2D eigenvalue weighted by atomic mass is 10.0. The van der Waals surface area contributed by atoms with Crippen LogP contribution in [0.2, 0.25) is 0 Å². The van der Waals surface area contributed by atoms with E-state index in [1.54, 1.807) is 0 Å². The van der Waals surface area contributed by atoms with Crippen molar-refractivity contribution in [2.24, 2.45) is 0 Å². The van der Waals surface area contributed by atoms with Gasteiger partial charge in [0.15, 0.2) is 0 Å². The highest BCUT2D eigenvalue weighted by Crippen LogP contribution is 2.17. The van der Waals surface area contributed by atoms with E-state index in [1.807, 2.05) is 44.2 Å². The van der Waals surface area contributed by atoms with Gasteiger partial charge in [0.2, 0.25) is 5.91 Å². The lowest BCUT2D eigenvalue weighted by Crippen LogP contribution is -2.44. The second-order valence-electron chi connectivity index (χ2n) is 6.95. The molecule has 28 heavy (non-hydrogen) atoms. The molecule has 0 bridgehead atoms. The highest BCUT2D eigenvalue weighted by atomic mass is 16.2. The van der Waals surface area contributed by atoms with E-state index in [9.17, 15) is 9.59 Å². The van der Waals surface area contributed by atoms with Gasteiger partial charge in [0.1, 0.15) is 0 Å². The maximum atomic E-state index is 12.0. The van der Waals surface area contributed by atoms with Crippen LogP contribution < -0.4 is 16.2 Å². The van der Waals surface area contributed by atoms with Crippen molar-refractivity contribution in [2.45, 2.75) is 26.7 Å². The van der Waals surface area contributed by atoms with Crippen LogP contribution in [0.4, 0.5) is 5.69 Å². The number of amides is 2. The lowest BCUT2D eigenvalue weighted by molar-refractivity contribution is -0.128. The minimum absolute atomic E-state index is 0.0921. The summed E-state index contributed by atoms with van der Waals surface area (Å²) in [6, 6.07) is 20.3. The number of rotatable bonds is 6. The summed E-state index contributed by atoms with van der Waals surface area (Å²) in [7, 11) is 0. The zero-order valence-corrected chi connectivity index (χ0v) is 16.2. The van der Waals surface area contributed by atoms with Gasteiger partial charge < -0.3 is 5.32 Å². The zero-order valence-electron chi connectivity index (χ0n) is 16.2. The summed E-state index contributed by atoms with van der Waals surface area (Å²) in [5.74, 6) is -0.507. The van der Waals surface area contributed by atoms with Gasteiger partial charge in [-0.3, -0.25) is 20.4 Å². The molecule has 0 saturated heterocycles. The first-order valence-electron chi connectivity index (χ1n) is 9.38. The number of carbonyl (C=O) groups excluding carboxylic acids is 2. The van der Waals surface area contributed by atoms with Crippen molar-refractivity contribution in [3.8, 4) is 0 Å². The van der Waals surface area contributed by atoms with Gasteiger partial charge in [0.25, 0.3) is 5.91 Å². The van der Waals surface area contributed by atoms with Gasteiger partial charge in [-0.25, -0.2) is 0 Å². The fourth-order valence-electron chi connectivity index (χ4n) is 3.09. The van der Waals surface area contributed by atoms with Crippen LogP contribution in [0.1, 0.15) is 23.1 Å². The third-order valence-corrected chi connectivity index (χ3v) is 4.62. The SMILES string of the molecule is Cc1ccc(NCC(=O)NNC(=O)CCc2ccc3ccccc3c2)c(C)c1. The predicted molar refractivity (Wildman–Crippen MR) is 113 cm³/mol. The maximum Gasteiger partial charge on any atom is 0.257 e. The van der Waals surface area contributed by atoms with Crippen LogP contribution in [0.5, 0.6) is 0 Å². The molecule has 0 heterocycles. The second kappa shape index (κ2) is 9.04. The quantitative estimate of drug-likeness (QED) is 0.576. The van der Waals surface area contributed by atoms with Crippen LogP contribution in [0, 0.1) is 13.8 Å². The number of hydrogen-bond donors (Lipinski definition) is 3. The fraction of sp³-hybridized carbons (Fsp3) is 0.217. The van der Waals surface area contributed by atoms with E-state index >= 15 is 0 Å². The minimum atomic E-state index is -0.293. The van der Waals surface area contributed by atoms with Crippen molar-refractivity contribution in [3.63, 3.8) is 0 Å². The number of hydrogen-bond acceptors (Lipinski definition) is 3. The molecule has 0 atom stereocenters. The Hall–Kier alpha value is -3.34. The number of aryl methyl sites for hydroxylation is 3. The molecule has 0 saturated carbocycles. The highest BCUT2D eigenvalue weighted by molar-refractivity contribution is 5.85. The monoisotopic (exact) mass is 375 g/mol. The van der Waals surface area contributed by atoms with Crippen LogP contribution in [-0.4, -0.2) is 18.4 Å². The second-order valence-corrected chi connectivity index (χ2v) is 6.95. The molecule has 3 aromatic rings. The van der Waals surface area contributed by atoms with Gasteiger partial charge in [-0.05, 0) is 48.2 Å². The Balaban J connectivity index is 1.41. The van der Waals surface area contributed by atoms with E-state index in [0.29, 0.717) is 12.8 Å². The van der Waals surface area contributed by atoms with E-state index < -0.39 is 0 Å². The summed E-state index contributed by atoms with van der Waals surface area (Å²) >= 11 is 0. The summed E-state index contributed by atoms with van der Waals surface area (Å²) < 4.78 is 0. The van der Waals surface area contributed by atoms with Gasteiger partial charge in [0.05, 0.1) is 6.54 Å². The topological polar surface area (TPSA) is 70.2 Å². The molecule has 2 amide bonds. The first-order chi connectivity index (χ1) is 13.5. The Morgan fingerprint density at radius 1 is 0.821 bits per heavy atom. The van der Waals surface area contributed by atoms with Gasteiger partial charge in [-0.1, -0.05) is 60.2 Å². The molecular formula is C23H25N3O2. The van der Waals surface area contributed by atoms with Gasteiger partial charge >= 0.3 is 0 Å². The molecule has 5 heteroatoms. The van der Waals surface area contributed by atoms with Crippen LogP contribution in [0.25, 0.3) is 10.8 Å². The number of benzene rings is 3. The molecule has 3 aromatic carbocycles. The van der Waals surface area contributed by atoms with Crippen LogP contribution >= 0.6 is 0 Å². The van der Waals surface area contributed by atoms with Crippen molar-refractivity contribution < 1.29 is 9.59 Å². The highest BCUT2D eigenvalue weighted by Gasteiger charge is 2.06. The molecule has 0 aliphatic carbocycles. The van der Waals surface area contributed by atoms with E-state index in [4.69, 9.17) is 0 Å². The largest absolute Gasteiger partial charge is 0.376 e. The minimum Gasteiger partial charge on any atom is -0.376 e. The average Bonchev–Trinajstić information content (AvgIpc) is 2.70. The van der Waals surface area contributed by atoms with E-state index in [2.05, 4.69) is 46.5 Å². The van der Waals surface area contributed by atoms with E-state index in [0.717, 1.165) is 22.2 Å². The summed E-state index contributed by atoms with van der Waals surface area (Å²) in [5, 5.41) is 5.41. The third-order valence-electron chi connectivity index (χ3n) is 4.62. The molecular weight excluding hydrogens is 350 g/mol. The molecule has 5 nitrogen and oxygen atoms in total. The molecule has 0 fully saturated rings. The number of fused-ring (bicyclic) bond motifs is 1. The van der Waals surface area contributed by atoms with Gasteiger partial charge in [-0.15, -0.1) is 0 Å². The third kappa shape index (κ3) is 5.33. The van der Waals surface area contributed by atoms with Crippen molar-refractivity contribution in [2.75, 3.05) is 11.9 Å². The van der Waals surface area contributed by atoms with Crippen LogP contribution in [-0.2, 0) is 16.0 Å². The molecule has 3 N–H and O–H groups in total. The van der Waals surface area contributed by atoms with E-state index in [-0.39, 0.29) is 18.4 Å². The van der Waals surface area contributed by atoms with Gasteiger partial charge in [0, 0.05) is 12.1 Å². The number of anilines is 1. The first kappa shape index (κ1) is 19.4. The Kier molecular flexibility index (Phi) is 6.27. The van der Waals surface area contributed by atoms with Crippen LogP contribution in [0.15, 0.2) is 60.7 Å². The summed E-state index contributed by atoms with van der Waals surface area (Å²) in [5.41, 5.74) is 9.17. The maximum absolute atomic E-state index is 12.0. The Labute approximate surface area is 165 Å². The lowest BCUT2D eigenvalue weighted by Gasteiger charge is -2.11. The first-order valence-corrected chi connectivity index (χ1v) is 9.38. The molecule has 0 aromatic heterocycles. The summed E-state index contributed by atoms with van der Waals surface area (Å²) in [6.45, 7) is 4.10. The summed E-state index contributed by atoms with van der Waals surface area (Å²) in [6.07, 6.45) is 0.927. The molecule has 3 rings (SSSR count). The van der Waals surface area contributed by atoms with Crippen LogP contribution in [0.3, 0.4) is 0 Å². The van der Waals surface area contributed by atoms with Crippen molar-refractivity contribution in [1.82, 2.24) is 10.9 Å². The molecule has 0 spiro atoms. The van der Waals surface area contributed by atoms with Crippen molar-refractivity contribution >= 4 is 28.3 Å². The Morgan fingerprint density at radius 2 is 1.57 bits per heavy atom. The van der Waals surface area contributed by atoms with Gasteiger partial charge in [-0.2, -0.15) is 0 Å². The molecule has 144 valence electrons. The number of hydrazine groups is 1. The Bertz CT molecular complexity index is 998. The van der Waals surface area contributed by atoms with E-state index in [1.165, 1.54) is 10.9 Å².